The Morgan fingerprint density at radius 3 is 2.14 bits per heavy atom. The monoisotopic (exact) mass is 527 g/mol. The van der Waals surface area contributed by atoms with Gasteiger partial charge in [0.1, 0.15) is 0 Å². The van der Waals surface area contributed by atoms with Crippen LogP contribution in [0, 0.1) is 0 Å². The molecule has 0 radical (unpaired) electrons. The molecule has 0 aliphatic rings. The summed E-state index contributed by atoms with van der Waals surface area (Å²) < 4.78 is 2.45. The summed E-state index contributed by atoms with van der Waals surface area (Å²) >= 11 is 3.96. The smallest absolute Gasteiger partial charge is 0.0491 e. The first kappa shape index (κ1) is 26.3. The third kappa shape index (κ3) is 5.59. The predicted molar refractivity (Wildman–Crippen MR) is 167 cm³/mol. The number of benzene rings is 2. The van der Waals surface area contributed by atoms with E-state index in [1.807, 2.05) is 22.7 Å². The van der Waals surface area contributed by atoms with Crippen LogP contribution >= 0.6 is 22.7 Å². The Hall–Kier alpha value is -2.36. The second kappa shape index (κ2) is 12.5. The van der Waals surface area contributed by atoms with Gasteiger partial charge in [0.15, 0.2) is 0 Å². The van der Waals surface area contributed by atoms with Crippen LogP contribution in [0.15, 0.2) is 60.0 Å². The number of aryl methyl sites for hydroxylation is 3. The zero-order chi connectivity index (χ0) is 25.6. The van der Waals surface area contributed by atoms with E-state index >= 15 is 0 Å². The highest BCUT2D eigenvalue weighted by atomic mass is 32.1. The van der Waals surface area contributed by atoms with Crippen molar-refractivity contribution < 1.29 is 0 Å². The molecule has 0 amide bonds. The Balaban J connectivity index is 1.54. The van der Waals surface area contributed by atoms with Crippen molar-refractivity contribution in [3.05, 3.63) is 71.1 Å². The Morgan fingerprint density at radius 2 is 1.38 bits per heavy atom. The maximum atomic E-state index is 2.53. The lowest BCUT2D eigenvalue weighted by atomic mass is 10.0. The summed E-state index contributed by atoms with van der Waals surface area (Å²) in [7, 11) is 0. The number of hydrogen-bond acceptors (Lipinski definition) is 2. The Bertz CT molecular complexity index is 1450. The Labute approximate surface area is 231 Å². The van der Waals surface area contributed by atoms with Crippen LogP contribution in [0.5, 0.6) is 0 Å². The fraction of sp³-hybridized carbons (Fsp3) is 0.412. The lowest BCUT2D eigenvalue weighted by molar-refractivity contribution is 0.667. The average Bonchev–Trinajstić information content (AvgIpc) is 3.64. The summed E-state index contributed by atoms with van der Waals surface area (Å²) in [6.45, 7) is 7.84. The van der Waals surface area contributed by atoms with E-state index in [1.54, 1.807) is 11.1 Å². The van der Waals surface area contributed by atoms with E-state index < -0.39 is 0 Å². The molecule has 194 valence electrons. The third-order valence-corrected chi connectivity index (χ3v) is 10.1. The van der Waals surface area contributed by atoms with Crippen molar-refractivity contribution in [3.63, 3.8) is 0 Å². The molecule has 0 saturated carbocycles. The summed E-state index contributed by atoms with van der Waals surface area (Å²) in [6.07, 6.45) is 12.9. The predicted octanol–water partition coefficient (Wildman–Crippen LogP) is 11.5. The van der Waals surface area contributed by atoms with Gasteiger partial charge < -0.3 is 4.57 Å². The molecule has 0 fully saturated rings. The number of fused-ring (bicyclic) bond motifs is 3. The standard InChI is InChI=1S/C34H41NS2/c1-4-7-9-11-15-25-21-22-36-34(25)32-24-26(16-12-10-8-5-2)33(37-32)27-19-20-31-29(23-27)28-17-13-14-18-30(28)35(31)6-3/h13-14,17-24H,4-12,15-16H2,1-3H3. The van der Waals surface area contributed by atoms with Crippen LogP contribution in [0.4, 0.5) is 0 Å². The number of para-hydroxylation sites is 1. The van der Waals surface area contributed by atoms with Crippen molar-refractivity contribution in [3.8, 4) is 20.2 Å². The van der Waals surface area contributed by atoms with E-state index in [2.05, 4.69) is 85.3 Å². The number of nitrogens with zero attached hydrogens (tertiary/aromatic N) is 1. The molecule has 3 heteroatoms. The van der Waals surface area contributed by atoms with Crippen molar-refractivity contribution in [2.24, 2.45) is 0 Å². The third-order valence-electron chi connectivity index (χ3n) is 7.73. The Morgan fingerprint density at radius 1 is 0.649 bits per heavy atom. The molecule has 0 saturated heterocycles. The van der Waals surface area contributed by atoms with Crippen molar-refractivity contribution in [2.75, 3.05) is 0 Å². The van der Waals surface area contributed by atoms with Crippen LogP contribution in [0.1, 0.15) is 83.3 Å². The zero-order valence-corrected chi connectivity index (χ0v) is 24.4. The molecule has 3 heterocycles. The maximum absolute atomic E-state index is 2.53. The fourth-order valence-electron chi connectivity index (χ4n) is 5.74. The van der Waals surface area contributed by atoms with Gasteiger partial charge in [0.2, 0.25) is 0 Å². The summed E-state index contributed by atoms with van der Waals surface area (Å²) in [6, 6.07) is 21.0. The molecule has 2 aromatic carbocycles. The molecule has 0 bridgehead atoms. The molecule has 3 aromatic heterocycles. The molecule has 0 N–H and O–H groups in total. The van der Waals surface area contributed by atoms with Crippen molar-refractivity contribution >= 4 is 44.5 Å². The van der Waals surface area contributed by atoms with Gasteiger partial charge in [-0.15, -0.1) is 22.7 Å². The fourth-order valence-corrected chi connectivity index (χ4v) is 8.06. The van der Waals surface area contributed by atoms with Gasteiger partial charge in [-0.05, 0) is 85.0 Å². The lowest BCUT2D eigenvalue weighted by Crippen LogP contribution is -1.92. The number of thiophene rings is 2. The summed E-state index contributed by atoms with van der Waals surface area (Å²) in [4.78, 5) is 4.45. The minimum absolute atomic E-state index is 0.995. The second-order valence-electron chi connectivity index (χ2n) is 10.4. The zero-order valence-electron chi connectivity index (χ0n) is 22.8. The van der Waals surface area contributed by atoms with Crippen molar-refractivity contribution in [1.82, 2.24) is 4.57 Å². The van der Waals surface area contributed by atoms with Gasteiger partial charge in [-0.1, -0.05) is 76.6 Å². The first-order valence-corrected chi connectivity index (χ1v) is 16.2. The first-order valence-electron chi connectivity index (χ1n) is 14.5. The van der Waals surface area contributed by atoms with Crippen molar-refractivity contribution in [1.29, 1.82) is 0 Å². The largest absolute Gasteiger partial charge is 0.341 e. The van der Waals surface area contributed by atoms with Crippen LogP contribution in [0.2, 0.25) is 0 Å². The summed E-state index contributed by atoms with van der Waals surface area (Å²) in [5.41, 5.74) is 7.17. The first-order chi connectivity index (χ1) is 18.2. The minimum atomic E-state index is 0.995. The lowest BCUT2D eigenvalue weighted by Gasteiger charge is -2.06. The van der Waals surface area contributed by atoms with Gasteiger partial charge in [0, 0.05) is 43.0 Å². The second-order valence-corrected chi connectivity index (χ2v) is 12.3. The van der Waals surface area contributed by atoms with Gasteiger partial charge in [0.05, 0.1) is 0 Å². The van der Waals surface area contributed by atoms with E-state index in [0.29, 0.717) is 0 Å². The maximum Gasteiger partial charge on any atom is 0.0491 e. The van der Waals surface area contributed by atoms with E-state index in [1.165, 1.54) is 106 Å². The minimum Gasteiger partial charge on any atom is -0.341 e. The highest BCUT2D eigenvalue weighted by molar-refractivity contribution is 7.23. The summed E-state index contributed by atoms with van der Waals surface area (Å²) in [5, 5.41) is 5.06. The van der Waals surface area contributed by atoms with Gasteiger partial charge in [0.25, 0.3) is 0 Å². The number of rotatable bonds is 13. The molecule has 0 spiro atoms. The van der Waals surface area contributed by atoms with E-state index in [4.69, 9.17) is 0 Å². The molecule has 0 atom stereocenters. The molecule has 5 aromatic rings. The Kier molecular flexibility index (Phi) is 8.84. The van der Waals surface area contributed by atoms with E-state index in [9.17, 15) is 0 Å². The van der Waals surface area contributed by atoms with E-state index in [0.717, 1.165) is 6.54 Å². The van der Waals surface area contributed by atoms with Crippen LogP contribution < -0.4 is 0 Å². The van der Waals surface area contributed by atoms with Gasteiger partial charge in [-0.25, -0.2) is 0 Å². The molecule has 0 aliphatic heterocycles. The molecule has 37 heavy (non-hydrogen) atoms. The van der Waals surface area contributed by atoms with E-state index in [-0.39, 0.29) is 0 Å². The highest BCUT2D eigenvalue weighted by Gasteiger charge is 2.17. The number of unbranched alkanes of at least 4 members (excludes halogenated alkanes) is 6. The van der Waals surface area contributed by atoms with Gasteiger partial charge in [-0.3, -0.25) is 0 Å². The normalized spacial score (nSPS) is 11.8. The van der Waals surface area contributed by atoms with Crippen LogP contribution in [-0.2, 0) is 19.4 Å². The molecule has 1 nitrogen and oxygen atoms in total. The van der Waals surface area contributed by atoms with Crippen LogP contribution in [-0.4, -0.2) is 4.57 Å². The summed E-state index contributed by atoms with van der Waals surface area (Å²) in [5.74, 6) is 0. The van der Waals surface area contributed by atoms with Gasteiger partial charge >= 0.3 is 0 Å². The van der Waals surface area contributed by atoms with Gasteiger partial charge in [-0.2, -0.15) is 0 Å². The molecule has 0 unspecified atom stereocenters. The number of aromatic nitrogens is 1. The topological polar surface area (TPSA) is 4.93 Å². The quantitative estimate of drug-likeness (QED) is 0.134. The molecular formula is C34H41NS2. The molecule has 0 aliphatic carbocycles. The van der Waals surface area contributed by atoms with Crippen molar-refractivity contribution in [2.45, 2.75) is 91.5 Å². The number of hydrogen-bond donors (Lipinski definition) is 0. The molecule has 5 rings (SSSR count). The highest BCUT2D eigenvalue weighted by Crippen LogP contribution is 2.44. The van der Waals surface area contributed by atoms with Crippen LogP contribution in [0.25, 0.3) is 42.0 Å². The average molecular weight is 528 g/mol. The molecular weight excluding hydrogens is 487 g/mol. The van der Waals surface area contributed by atoms with Crippen LogP contribution in [0.3, 0.4) is 0 Å². The SMILES string of the molecule is CCCCCCc1cc(-c2sccc2CCCCCC)sc1-c1ccc2c(c1)c1ccccc1n2CC.